The molecule has 108 valence electrons. The molecular formula is C17H29NS. The molecule has 0 heterocycles. The SMILES string of the molecule is CSCCC(C)NC(CC(C)(C)C)c1ccccc1. The molecule has 1 N–H and O–H groups in total. The van der Waals surface area contributed by atoms with Crippen LogP contribution in [0, 0.1) is 5.41 Å². The topological polar surface area (TPSA) is 12.0 Å². The number of nitrogens with one attached hydrogen (secondary N) is 1. The van der Waals surface area contributed by atoms with Crippen molar-refractivity contribution in [3.8, 4) is 0 Å². The van der Waals surface area contributed by atoms with Crippen molar-refractivity contribution < 1.29 is 0 Å². The lowest BCUT2D eigenvalue weighted by molar-refractivity contribution is 0.295. The van der Waals surface area contributed by atoms with Crippen LogP contribution in [0.2, 0.25) is 0 Å². The minimum absolute atomic E-state index is 0.340. The first-order valence-electron chi connectivity index (χ1n) is 7.22. The Morgan fingerprint density at radius 3 is 2.32 bits per heavy atom. The van der Waals surface area contributed by atoms with E-state index in [0.29, 0.717) is 17.5 Å². The van der Waals surface area contributed by atoms with Crippen molar-refractivity contribution in [3.05, 3.63) is 35.9 Å². The highest BCUT2D eigenvalue weighted by molar-refractivity contribution is 7.98. The third-order valence-electron chi connectivity index (χ3n) is 3.26. The monoisotopic (exact) mass is 279 g/mol. The van der Waals surface area contributed by atoms with Crippen LogP contribution < -0.4 is 5.32 Å². The minimum atomic E-state index is 0.340. The van der Waals surface area contributed by atoms with E-state index < -0.39 is 0 Å². The fraction of sp³-hybridized carbons (Fsp3) is 0.647. The summed E-state index contributed by atoms with van der Waals surface area (Å²) in [4.78, 5) is 0. The average Bonchev–Trinajstić information content (AvgIpc) is 2.35. The van der Waals surface area contributed by atoms with Crippen molar-refractivity contribution in [1.29, 1.82) is 0 Å². The van der Waals surface area contributed by atoms with Crippen LogP contribution in [-0.4, -0.2) is 18.1 Å². The maximum Gasteiger partial charge on any atom is 0.0327 e. The second-order valence-electron chi connectivity index (χ2n) is 6.58. The van der Waals surface area contributed by atoms with Gasteiger partial charge in [0.1, 0.15) is 0 Å². The highest BCUT2D eigenvalue weighted by Crippen LogP contribution is 2.29. The molecule has 1 aromatic carbocycles. The van der Waals surface area contributed by atoms with Gasteiger partial charge in [0.15, 0.2) is 0 Å². The summed E-state index contributed by atoms with van der Waals surface area (Å²) in [5.74, 6) is 1.23. The molecule has 2 atom stereocenters. The van der Waals surface area contributed by atoms with Crippen molar-refractivity contribution in [3.63, 3.8) is 0 Å². The summed E-state index contributed by atoms with van der Waals surface area (Å²) in [5, 5.41) is 3.81. The largest absolute Gasteiger partial charge is 0.307 e. The zero-order valence-corrected chi connectivity index (χ0v) is 13.9. The Hall–Kier alpha value is -0.470. The van der Waals surface area contributed by atoms with E-state index in [4.69, 9.17) is 0 Å². The van der Waals surface area contributed by atoms with Crippen LogP contribution in [0.1, 0.15) is 52.1 Å². The number of rotatable bonds is 7. The van der Waals surface area contributed by atoms with Gasteiger partial charge in [0, 0.05) is 12.1 Å². The summed E-state index contributed by atoms with van der Waals surface area (Å²) in [5.41, 5.74) is 1.75. The molecule has 0 aliphatic carbocycles. The average molecular weight is 279 g/mol. The Morgan fingerprint density at radius 1 is 1.16 bits per heavy atom. The Bertz CT molecular complexity index is 342. The van der Waals surface area contributed by atoms with Crippen LogP contribution in [-0.2, 0) is 0 Å². The number of hydrogen-bond donors (Lipinski definition) is 1. The Morgan fingerprint density at radius 2 is 1.79 bits per heavy atom. The molecule has 1 nitrogen and oxygen atoms in total. The van der Waals surface area contributed by atoms with Gasteiger partial charge in [0.25, 0.3) is 0 Å². The quantitative estimate of drug-likeness (QED) is 0.762. The molecule has 0 aliphatic rings. The molecule has 19 heavy (non-hydrogen) atoms. The molecule has 0 spiro atoms. The molecule has 0 saturated heterocycles. The van der Waals surface area contributed by atoms with Gasteiger partial charge in [-0.2, -0.15) is 11.8 Å². The van der Waals surface area contributed by atoms with E-state index in [9.17, 15) is 0 Å². The van der Waals surface area contributed by atoms with E-state index in [0.717, 1.165) is 0 Å². The molecule has 0 bridgehead atoms. The molecule has 1 aromatic rings. The molecule has 0 amide bonds. The summed E-state index contributed by atoms with van der Waals surface area (Å²) in [7, 11) is 0. The molecule has 2 heteroatoms. The molecule has 0 saturated carbocycles. The zero-order valence-electron chi connectivity index (χ0n) is 13.1. The predicted octanol–water partition coefficient (Wildman–Crippen LogP) is 4.90. The van der Waals surface area contributed by atoms with Gasteiger partial charge in [0.2, 0.25) is 0 Å². The van der Waals surface area contributed by atoms with E-state index in [2.05, 4.69) is 69.6 Å². The Labute approximate surface area is 123 Å². The van der Waals surface area contributed by atoms with Gasteiger partial charge in [-0.15, -0.1) is 0 Å². The third kappa shape index (κ3) is 7.03. The van der Waals surface area contributed by atoms with E-state index in [1.807, 2.05) is 11.8 Å². The molecule has 0 radical (unpaired) electrons. The molecule has 1 rings (SSSR count). The third-order valence-corrected chi connectivity index (χ3v) is 3.90. The summed E-state index contributed by atoms with van der Waals surface area (Å²) in [6.07, 6.45) is 4.58. The number of hydrogen-bond acceptors (Lipinski definition) is 2. The minimum Gasteiger partial charge on any atom is -0.307 e. The highest BCUT2D eigenvalue weighted by Gasteiger charge is 2.21. The van der Waals surface area contributed by atoms with Crippen molar-refractivity contribution >= 4 is 11.8 Å². The maximum absolute atomic E-state index is 3.81. The van der Waals surface area contributed by atoms with Gasteiger partial charge in [0.05, 0.1) is 0 Å². The highest BCUT2D eigenvalue weighted by atomic mass is 32.2. The molecule has 2 unspecified atom stereocenters. The Kier molecular flexibility index (Phi) is 6.95. The van der Waals surface area contributed by atoms with Gasteiger partial charge in [-0.1, -0.05) is 51.1 Å². The fourth-order valence-corrected chi connectivity index (χ4v) is 2.88. The molecule has 0 aromatic heterocycles. The van der Waals surface area contributed by atoms with Crippen LogP contribution in [0.4, 0.5) is 0 Å². The van der Waals surface area contributed by atoms with Crippen LogP contribution in [0.3, 0.4) is 0 Å². The van der Waals surface area contributed by atoms with E-state index >= 15 is 0 Å². The van der Waals surface area contributed by atoms with E-state index in [1.54, 1.807) is 0 Å². The van der Waals surface area contributed by atoms with Crippen LogP contribution in [0.15, 0.2) is 30.3 Å². The Balaban J connectivity index is 2.70. The second-order valence-corrected chi connectivity index (χ2v) is 7.56. The van der Waals surface area contributed by atoms with Crippen LogP contribution in [0.5, 0.6) is 0 Å². The first-order chi connectivity index (χ1) is 8.92. The van der Waals surface area contributed by atoms with E-state index in [-0.39, 0.29) is 0 Å². The van der Waals surface area contributed by atoms with Gasteiger partial charge in [-0.3, -0.25) is 0 Å². The van der Waals surface area contributed by atoms with Crippen molar-refractivity contribution in [2.24, 2.45) is 5.41 Å². The predicted molar refractivity (Wildman–Crippen MR) is 88.9 cm³/mol. The smallest absolute Gasteiger partial charge is 0.0327 e. The summed E-state index contributed by atoms with van der Waals surface area (Å²) in [6.45, 7) is 9.25. The normalized spacial score (nSPS) is 15.2. The van der Waals surface area contributed by atoms with E-state index in [1.165, 1.54) is 24.2 Å². The zero-order chi connectivity index (χ0) is 14.3. The summed E-state index contributed by atoms with van der Waals surface area (Å²) < 4.78 is 0. The van der Waals surface area contributed by atoms with Gasteiger partial charge in [-0.25, -0.2) is 0 Å². The lowest BCUT2D eigenvalue weighted by Crippen LogP contribution is -2.33. The lowest BCUT2D eigenvalue weighted by atomic mass is 9.85. The van der Waals surface area contributed by atoms with Gasteiger partial charge >= 0.3 is 0 Å². The van der Waals surface area contributed by atoms with Crippen molar-refractivity contribution in [2.45, 2.75) is 52.6 Å². The van der Waals surface area contributed by atoms with Crippen molar-refractivity contribution in [1.82, 2.24) is 5.32 Å². The van der Waals surface area contributed by atoms with Crippen LogP contribution in [0.25, 0.3) is 0 Å². The van der Waals surface area contributed by atoms with Gasteiger partial charge in [-0.05, 0) is 42.8 Å². The number of benzene rings is 1. The van der Waals surface area contributed by atoms with Gasteiger partial charge < -0.3 is 5.32 Å². The second kappa shape index (κ2) is 7.96. The molecular weight excluding hydrogens is 250 g/mol. The first kappa shape index (κ1) is 16.6. The molecule has 0 fully saturated rings. The summed E-state index contributed by atoms with van der Waals surface area (Å²) >= 11 is 1.93. The first-order valence-corrected chi connectivity index (χ1v) is 8.61. The van der Waals surface area contributed by atoms with Crippen molar-refractivity contribution in [2.75, 3.05) is 12.0 Å². The lowest BCUT2D eigenvalue weighted by Gasteiger charge is -2.30. The maximum atomic E-state index is 3.81. The van der Waals surface area contributed by atoms with Crippen LogP contribution >= 0.6 is 11.8 Å². The fourth-order valence-electron chi connectivity index (χ4n) is 2.29. The number of thioether (sulfide) groups is 1. The summed E-state index contributed by atoms with van der Waals surface area (Å²) in [6, 6.07) is 11.9. The standard InChI is InChI=1S/C17H29NS/c1-14(11-12-19-5)18-16(13-17(2,3)4)15-9-7-6-8-10-15/h6-10,14,16,18H,11-13H2,1-5H3. The molecule has 0 aliphatic heterocycles.